The lowest BCUT2D eigenvalue weighted by Gasteiger charge is -2.18. The smallest absolute Gasteiger partial charge is 0.252 e. The molecule has 0 aliphatic carbocycles. The van der Waals surface area contributed by atoms with Crippen LogP contribution in [0.3, 0.4) is 0 Å². The zero-order chi connectivity index (χ0) is 21.4. The lowest BCUT2D eigenvalue weighted by molar-refractivity contribution is 0.0937. The Morgan fingerprint density at radius 1 is 1.17 bits per heavy atom. The van der Waals surface area contributed by atoms with E-state index in [-0.39, 0.29) is 11.9 Å². The molecule has 3 aromatic heterocycles. The Kier molecular flexibility index (Phi) is 5.11. The van der Waals surface area contributed by atoms with E-state index in [4.69, 9.17) is 9.51 Å². The van der Waals surface area contributed by atoms with Crippen LogP contribution in [0.15, 0.2) is 40.9 Å². The molecular formula is C23H25N5O2. The van der Waals surface area contributed by atoms with Crippen molar-refractivity contribution in [3.05, 3.63) is 64.7 Å². The third-order valence-corrected chi connectivity index (χ3v) is 5.43. The largest absolute Gasteiger partial charge is 0.361 e. The number of amides is 1. The molecule has 1 unspecified atom stereocenters. The second-order valence-corrected chi connectivity index (χ2v) is 7.50. The van der Waals surface area contributed by atoms with Gasteiger partial charge in [0.05, 0.1) is 34.1 Å². The van der Waals surface area contributed by atoms with Crippen molar-refractivity contribution in [2.24, 2.45) is 7.05 Å². The number of nitrogens with zero attached hydrogens (tertiary/aromatic N) is 4. The molecule has 7 heteroatoms. The maximum atomic E-state index is 13.5. The summed E-state index contributed by atoms with van der Waals surface area (Å²) >= 11 is 0. The first kappa shape index (κ1) is 19.8. The van der Waals surface area contributed by atoms with Crippen LogP contribution in [-0.4, -0.2) is 25.8 Å². The molecule has 30 heavy (non-hydrogen) atoms. The Hall–Kier alpha value is -3.48. The summed E-state index contributed by atoms with van der Waals surface area (Å²) in [5.74, 6) is 0.560. The van der Waals surface area contributed by atoms with Crippen LogP contribution >= 0.6 is 0 Å². The highest BCUT2D eigenvalue weighted by Crippen LogP contribution is 2.29. The predicted octanol–water partition coefficient (Wildman–Crippen LogP) is 4.43. The molecule has 0 radical (unpaired) electrons. The van der Waals surface area contributed by atoms with Gasteiger partial charge in [-0.05, 0) is 33.3 Å². The first-order valence-corrected chi connectivity index (χ1v) is 10.0. The number of aromatic nitrogens is 4. The lowest BCUT2D eigenvalue weighted by atomic mass is 10.0. The van der Waals surface area contributed by atoms with Crippen LogP contribution < -0.4 is 5.32 Å². The molecule has 3 heterocycles. The third-order valence-electron chi connectivity index (χ3n) is 5.43. The Bertz CT molecular complexity index is 1200. The molecular weight excluding hydrogens is 378 g/mol. The molecule has 154 valence electrons. The second kappa shape index (κ2) is 7.74. The van der Waals surface area contributed by atoms with Crippen molar-refractivity contribution in [1.29, 1.82) is 0 Å². The first-order valence-electron chi connectivity index (χ1n) is 10.0. The van der Waals surface area contributed by atoms with Crippen molar-refractivity contribution in [1.82, 2.24) is 25.2 Å². The van der Waals surface area contributed by atoms with Crippen LogP contribution in [-0.2, 0) is 7.05 Å². The first-order chi connectivity index (χ1) is 14.4. The fourth-order valence-corrected chi connectivity index (χ4v) is 3.98. The van der Waals surface area contributed by atoms with Crippen LogP contribution in [0, 0.1) is 20.8 Å². The second-order valence-electron chi connectivity index (χ2n) is 7.50. The quantitative estimate of drug-likeness (QED) is 0.533. The van der Waals surface area contributed by atoms with Crippen LogP contribution in [0.4, 0.5) is 0 Å². The minimum Gasteiger partial charge on any atom is -0.361 e. The van der Waals surface area contributed by atoms with E-state index in [1.165, 1.54) is 0 Å². The highest BCUT2D eigenvalue weighted by atomic mass is 16.5. The molecule has 1 N–H and O–H groups in total. The molecule has 0 saturated carbocycles. The number of fused-ring (bicyclic) bond motifs is 1. The summed E-state index contributed by atoms with van der Waals surface area (Å²) in [5.41, 5.74) is 5.44. The topological polar surface area (TPSA) is 85.8 Å². The Morgan fingerprint density at radius 2 is 1.90 bits per heavy atom. The van der Waals surface area contributed by atoms with Gasteiger partial charge in [0, 0.05) is 18.2 Å². The van der Waals surface area contributed by atoms with Crippen molar-refractivity contribution in [2.45, 2.75) is 40.2 Å². The van der Waals surface area contributed by atoms with Crippen molar-refractivity contribution in [2.75, 3.05) is 0 Å². The number of aryl methyl sites for hydroxylation is 4. The van der Waals surface area contributed by atoms with E-state index >= 15 is 0 Å². The molecule has 0 aliphatic rings. The Labute approximate surface area is 175 Å². The van der Waals surface area contributed by atoms with Gasteiger partial charge in [0.15, 0.2) is 5.65 Å². The van der Waals surface area contributed by atoms with Gasteiger partial charge in [0.1, 0.15) is 5.76 Å². The molecule has 1 amide bonds. The Morgan fingerprint density at radius 3 is 2.53 bits per heavy atom. The number of pyridine rings is 1. The molecule has 4 aromatic rings. The average Bonchev–Trinajstić information content (AvgIpc) is 3.24. The standard InChI is InChI=1S/C23H25N5O2/c1-6-18(20-14(3)27-30-15(20)4)25-23(29)17-12-19(16-10-8-7-9-11-16)24-22-21(17)13(2)26-28(22)5/h7-12,18H,6H2,1-5H3,(H,25,29). The number of hydrogen-bond donors (Lipinski definition) is 1. The SMILES string of the molecule is CCC(NC(=O)c1cc(-c2ccccc2)nc2c1c(C)nn2C)c1c(C)noc1C. The van der Waals surface area contributed by atoms with E-state index in [9.17, 15) is 4.79 Å². The number of nitrogens with one attached hydrogen (secondary N) is 1. The fraction of sp³-hybridized carbons (Fsp3) is 0.304. The molecule has 4 rings (SSSR count). The van der Waals surface area contributed by atoms with Crippen molar-refractivity contribution >= 4 is 16.9 Å². The van der Waals surface area contributed by atoms with Gasteiger partial charge in [-0.3, -0.25) is 9.48 Å². The van der Waals surface area contributed by atoms with E-state index in [0.717, 1.165) is 45.8 Å². The number of benzene rings is 1. The minimum atomic E-state index is -0.191. The van der Waals surface area contributed by atoms with Gasteiger partial charge >= 0.3 is 0 Å². The van der Waals surface area contributed by atoms with Gasteiger partial charge in [-0.2, -0.15) is 5.10 Å². The highest BCUT2D eigenvalue weighted by molar-refractivity contribution is 6.07. The number of rotatable bonds is 5. The molecule has 0 bridgehead atoms. The summed E-state index contributed by atoms with van der Waals surface area (Å²) in [5, 5.41) is 12.5. The number of carbonyl (C=O) groups is 1. The third kappa shape index (κ3) is 3.36. The van der Waals surface area contributed by atoms with E-state index in [2.05, 4.69) is 15.6 Å². The van der Waals surface area contributed by atoms with Crippen LogP contribution in [0.1, 0.15) is 52.5 Å². The lowest BCUT2D eigenvalue weighted by Crippen LogP contribution is -2.29. The van der Waals surface area contributed by atoms with Gasteiger partial charge in [-0.25, -0.2) is 4.98 Å². The molecule has 0 saturated heterocycles. The highest BCUT2D eigenvalue weighted by Gasteiger charge is 2.24. The summed E-state index contributed by atoms with van der Waals surface area (Å²) in [6.45, 7) is 7.69. The van der Waals surface area contributed by atoms with Gasteiger partial charge in [0.2, 0.25) is 0 Å². The molecule has 7 nitrogen and oxygen atoms in total. The van der Waals surface area contributed by atoms with Crippen molar-refractivity contribution in [3.8, 4) is 11.3 Å². The van der Waals surface area contributed by atoms with E-state index in [1.54, 1.807) is 4.68 Å². The van der Waals surface area contributed by atoms with E-state index < -0.39 is 0 Å². The van der Waals surface area contributed by atoms with Gasteiger partial charge in [-0.1, -0.05) is 42.4 Å². The maximum Gasteiger partial charge on any atom is 0.252 e. The van der Waals surface area contributed by atoms with E-state index in [1.807, 2.05) is 71.1 Å². The summed E-state index contributed by atoms with van der Waals surface area (Å²) < 4.78 is 7.03. The fourth-order valence-electron chi connectivity index (χ4n) is 3.98. The van der Waals surface area contributed by atoms with Gasteiger partial charge in [0.25, 0.3) is 5.91 Å². The monoisotopic (exact) mass is 403 g/mol. The maximum absolute atomic E-state index is 13.5. The minimum absolute atomic E-state index is 0.164. The summed E-state index contributed by atoms with van der Waals surface area (Å²) in [4.78, 5) is 18.2. The number of hydrogen-bond acceptors (Lipinski definition) is 5. The van der Waals surface area contributed by atoms with Crippen molar-refractivity contribution in [3.63, 3.8) is 0 Å². The zero-order valence-electron chi connectivity index (χ0n) is 17.9. The van der Waals surface area contributed by atoms with Crippen LogP contribution in [0.2, 0.25) is 0 Å². The predicted molar refractivity (Wildman–Crippen MR) is 115 cm³/mol. The Balaban J connectivity index is 1.81. The summed E-state index contributed by atoms with van der Waals surface area (Å²) in [6, 6.07) is 11.5. The van der Waals surface area contributed by atoms with Gasteiger partial charge in [-0.15, -0.1) is 0 Å². The molecule has 1 aromatic carbocycles. The van der Waals surface area contributed by atoms with Gasteiger partial charge < -0.3 is 9.84 Å². The normalized spacial score (nSPS) is 12.3. The van der Waals surface area contributed by atoms with Crippen LogP contribution in [0.25, 0.3) is 22.3 Å². The zero-order valence-corrected chi connectivity index (χ0v) is 17.9. The van der Waals surface area contributed by atoms with Crippen LogP contribution in [0.5, 0.6) is 0 Å². The summed E-state index contributed by atoms with van der Waals surface area (Å²) in [7, 11) is 1.84. The molecule has 0 spiro atoms. The average molecular weight is 403 g/mol. The molecule has 1 atom stereocenters. The van der Waals surface area contributed by atoms with E-state index in [0.29, 0.717) is 11.2 Å². The van der Waals surface area contributed by atoms with Crippen molar-refractivity contribution < 1.29 is 9.32 Å². The summed E-state index contributed by atoms with van der Waals surface area (Å²) in [6.07, 6.45) is 0.723. The number of carbonyl (C=O) groups excluding carboxylic acids is 1. The molecule has 0 fully saturated rings. The molecule has 0 aliphatic heterocycles.